The molecular formula is C15H29NO5. The van der Waals surface area contributed by atoms with Gasteiger partial charge in [-0.3, -0.25) is 0 Å². The topological polar surface area (TPSA) is 68.2 Å². The van der Waals surface area contributed by atoms with Crippen molar-refractivity contribution < 1.29 is 24.1 Å². The summed E-state index contributed by atoms with van der Waals surface area (Å²) in [7, 11) is 0. The molecule has 1 heterocycles. The van der Waals surface area contributed by atoms with Gasteiger partial charge in [0.1, 0.15) is 5.60 Å². The lowest BCUT2D eigenvalue weighted by Gasteiger charge is -2.28. The summed E-state index contributed by atoms with van der Waals surface area (Å²) in [5, 5.41) is 8.93. The number of rotatable bonds is 7. The van der Waals surface area contributed by atoms with Gasteiger partial charge in [-0.25, -0.2) is 4.79 Å². The van der Waals surface area contributed by atoms with Crippen molar-refractivity contribution in [3.63, 3.8) is 0 Å². The molecule has 1 amide bonds. The molecule has 0 saturated carbocycles. The first-order valence-corrected chi connectivity index (χ1v) is 7.74. The quantitative estimate of drug-likeness (QED) is 0.780. The number of amides is 1. The monoisotopic (exact) mass is 303 g/mol. The molecule has 1 aliphatic rings. The molecule has 0 aliphatic carbocycles. The highest BCUT2D eigenvalue weighted by atomic mass is 16.7. The average molecular weight is 303 g/mol. The van der Waals surface area contributed by atoms with Crippen molar-refractivity contribution in [3.05, 3.63) is 0 Å². The first-order chi connectivity index (χ1) is 9.92. The summed E-state index contributed by atoms with van der Waals surface area (Å²) in [4.78, 5) is 13.7. The second-order valence-electron chi connectivity index (χ2n) is 6.21. The standard InChI is InChI=1S/C15H29NO5/c1-15(2,3)21-14(18)16(8-6-10-17)9-12-20-13-7-4-5-11-19-13/h13,17H,4-12H2,1-3H3. The predicted octanol–water partition coefficient (Wildman–Crippen LogP) is 2.15. The minimum Gasteiger partial charge on any atom is -0.444 e. The van der Waals surface area contributed by atoms with E-state index in [-0.39, 0.29) is 19.0 Å². The highest BCUT2D eigenvalue weighted by Gasteiger charge is 2.22. The number of ether oxygens (including phenoxy) is 3. The molecule has 1 saturated heterocycles. The fraction of sp³-hybridized carbons (Fsp3) is 0.933. The fourth-order valence-electron chi connectivity index (χ4n) is 2.02. The summed E-state index contributed by atoms with van der Waals surface area (Å²) in [5.41, 5.74) is -0.526. The first-order valence-electron chi connectivity index (χ1n) is 7.74. The number of carbonyl (C=O) groups excluding carboxylic acids is 1. The van der Waals surface area contributed by atoms with Crippen LogP contribution in [0.1, 0.15) is 46.5 Å². The van der Waals surface area contributed by atoms with Crippen LogP contribution in [0.5, 0.6) is 0 Å². The number of carbonyl (C=O) groups is 1. The van der Waals surface area contributed by atoms with Crippen LogP contribution in [0, 0.1) is 0 Å². The minimum absolute atomic E-state index is 0.0475. The Labute approximate surface area is 127 Å². The summed E-state index contributed by atoms with van der Waals surface area (Å²) in [6.07, 6.45) is 3.11. The fourth-order valence-corrected chi connectivity index (χ4v) is 2.02. The third-order valence-corrected chi connectivity index (χ3v) is 3.04. The zero-order valence-electron chi connectivity index (χ0n) is 13.5. The second kappa shape index (κ2) is 9.23. The van der Waals surface area contributed by atoms with Crippen molar-refractivity contribution in [2.75, 3.05) is 32.9 Å². The number of hydrogen-bond acceptors (Lipinski definition) is 5. The van der Waals surface area contributed by atoms with E-state index in [1.807, 2.05) is 20.8 Å². The van der Waals surface area contributed by atoms with Crippen LogP contribution >= 0.6 is 0 Å². The molecule has 1 aliphatic heterocycles. The molecule has 0 aromatic rings. The van der Waals surface area contributed by atoms with E-state index >= 15 is 0 Å². The van der Waals surface area contributed by atoms with Crippen molar-refractivity contribution in [2.45, 2.75) is 58.3 Å². The van der Waals surface area contributed by atoms with E-state index in [4.69, 9.17) is 19.3 Å². The number of nitrogens with zero attached hydrogens (tertiary/aromatic N) is 1. The Balaban J connectivity index is 2.35. The van der Waals surface area contributed by atoms with Crippen LogP contribution in [0.25, 0.3) is 0 Å². The third-order valence-electron chi connectivity index (χ3n) is 3.04. The first kappa shape index (κ1) is 18.2. The molecule has 0 aromatic carbocycles. The van der Waals surface area contributed by atoms with E-state index in [0.717, 1.165) is 25.9 Å². The molecule has 21 heavy (non-hydrogen) atoms. The van der Waals surface area contributed by atoms with Crippen molar-refractivity contribution in [3.8, 4) is 0 Å². The molecule has 0 spiro atoms. The van der Waals surface area contributed by atoms with Crippen LogP contribution in [-0.2, 0) is 14.2 Å². The largest absolute Gasteiger partial charge is 0.444 e. The summed E-state index contributed by atoms with van der Waals surface area (Å²) in [5.74, 6) is 0. The van der Waals surface area contributed by atoms with Crippen molar-refractivity contribution in [1.29, 1.82) is 0 Å². The van der Waals surface area contributed by atoms with E-state index in [0.29, 0.717) is 26.1 Å². The van der Waals surface area contributed by atoms with Gasteiger partial charge >= 0.3 is 6.09 Å². The van der Waals surface area contributed by atoms with Crippen LogP contribution < -0.4 is 0 Å². The van der Waals surface area contributed by atoms with Crippen LogP contribution in [0.3, 0.4) is 0 Å². The van der Waals surface area contributed by atoms with Gasteiger partial charge in [0.25, 0.3) is 0 Å². The Kier molecular flexibility index (Phi) is 8.00. The molecule has 1 atom stereocenters. The summed E-state index contributed by atoms with van der Waals surface area (Å²) < 4.78 is 16.5. The van der Waals surface area contributed by atoms with Crippen molar-refractivity contribution in [1.82, 2.24) is 4.90 Å². The minimum atomic E-state index is -0.526. The van der Waals surface area contributed by atoms with E-state index in [1.165, 1.54) is 0 Å². The smallest absolute Gasteiger partial charge is 0.410 e. The average Bonchev–Trinajstić information content (AvgIpc) is 2.41. The highest BCUT2D eigenvalue weighted by molar-refractivity contribution is 5.68. The highest BCUT2D eigenvalue weighted by Crippen LogP contribution is 2.14. The van der Waals surface area contributed by atoms with Gasteiger partial charge in [-0.2, -0.15) is 0 Å². The van der Waals surface area contributed by atoms with Crippen LogP contribution in [0.15, 0.2) is 0 Å². The van der Waals surface area contributed by atoms with Crippen LogP contribution in [0.4, 0.5) is 4.79 Å². The van der Waals surface area contributed by atoms with E-state index in [9.17, 15) is 4.79 Å². The molecule has 6 nitrogen and oxygen atoms in total. The molecule has 1 fully saturated rings. The molecule has 0 aromatic heterocycles. The Morgan fingerprint density at radius 2 is 2.10 bits per heavy atom. The summed E-state index contributed by atoms with van der Waals surface area (Å²) in [6, 6.07) is 0. The molecule has 1 rings (SSSR count). The normalized spacial score (nSPS) is 19.3. The van der Waals surface area contributed by atoms with Gasteiger partial charge in [0.05, 0.1) is 6.61 Å². The molecule has 0 bridgehead atoms. The molecule has 0 radical (unpaired) electrons. The van der Waals surface area contributed by atoms with Gasteiger partial charge in [-0.05, 0) is 46.5 Å². The van der Waals surface area contributed by atoms with Gasteiger partial charge in [0, 0.05) is 26.3 Å². The Morgan fingerprint density at radius 3 is 2.67 bits per heavy atom. The molecule has 124 valence electrons. The van der Waals surface area contributed by atoms with Gasteiger partial charge in [0.15, 0.2) is 6.29 Å². The van der Waals surface area contributed by atoms with Gasteiger partial charge in [-0.15, -0.1) is 0 Å². The van der Waals surface area contributed by atoms with Gasteiger partial charge in [0.2, 0.25) is 0 Å². The predicted molar refractivity (Wildman–Crippen MR) is 79.1 cm³/mol. The third kappa shape index (κ3) is 8.24. The second-order valence-corrected chi connectivity index (χ2v) is 6.21. The number of hydrogen-bond donors (Lipinski definition) is 1. The summed E-state index contributed by atoms with van der Waals surface area (Å²) in [6.45, 7) is 7.60. The number of aliphatic hydroxyl groups is 1. The molecular weight excluding hydrogens is 274 g/mol. The SMILES string of the molecule is CC(C)(C)OC(=O)N(CCCO)CCOC1CCCCO1. The summed E-state index contributed by atoms with van der Waals surface area (Å²) >= 11 is 0. The van der Waals surface area contributed by atoms with Crippen molar-refractivity contribution in [2.24, 2.45) is 0 Å². The van der Waals surface area contributed by atoms with Gasteiger partial charge < -0.3 is 24.2 Å². The van der Waals surface area contributed by atoms with E-state index < -0.39 is 5.60 Å². The number of aliphatic hydroxyl groups excluding tert-OH is 1. The molecule has 1 unspecified atom stereocenters. The molecule has 6 heteroatoms. The zero-order chi connectivity index (χ0) is 15.7. The van der Waals surface area contributed by atoms with Gasteiger partial charge in [-0.1, -0.05) is 0 Å². The van der Waals surface area contributed by atoms with E-state index in [2.05, 4.69) is 0 Å². The maximum atomic E-state index is 12.1. The lowest BCUT2D eigenvalue weighted by molar-refractivity contribution is -0.164. The maximum absolute atomic E-state index is 12.1. The zero-order valence-corrected chi connectivity index (χ0v) is 13.5. The maximum Gasteiger partial charge on any atom is 0.410 e. The van der Waals surface area contributed by atoms with Crippen LogP contribution in [-0.4, -0.2) is 60.9 Å². The Morgan fingerprint density at radius 1 is 1.33 bits per heavy atom. The Hall–Kier alpha value is -0.850. The van der Waals surface area contributed by atoms with E-state index in [1.54, 1.807) is 4.90 Å². The molecule has 1 N–H and O–H groups in total. The van der Waals surface area contributed by atoms with Crippen molar-refractivity contribution >= 4 is 6.09 Å². The lowest BCUT2D eigenvalue weighted by atomic mass is 10.2. The lowest BCUT2D eigenvalue weighted by Crippen LogP contribution is -2.40. The van der Waals surface area contributed by atoms with Crippen LogP contribution in [0.2, 0.25) is 0 Å². The Bertz CT molecular complexity index is 297.